The van der Waals surface area contributed by atoms with Gasteiger partial charge in [0.15, 0.2) is 0 Å². The van der Waals surface area contributed by atoms with Crippen molar-refractivity contribution in [3.63, 3.8) is 0 Å². The van der Waals surface area contributed by atoms with Crippen LogP contribution >= 0.6 is 0 Å². The first-order valence-corrected chi connectivity index (χ1v) is 6.97. The summed E-state index contributed by atoms with van der Waals surface area (Å²) in [6, 6.07) is 0.264. The molecule has 2 fully saturated rings. The van der Waals surface area contributed by atoms with Crippen LogP contribution in [0, 0.1) is 11.3 Å². The SMILES string of the molecule is CC1CCC(C)N(C(=O)CC2(C(=O)O)CCC2)C1. The molecule has 0 bridgehead atoms. The number of hydrogen-bond acceptors (Lipinski definition) is 2. The molecule has 1 N–H and O–H groups in total. The molecule has 4 nitrogen and oxygen atoms in total. The lowest BCUT2D eigenvalue weighted by molar-refractivity contribution is -0.160. The molecule has 1 heterocycles. The Morgan fingerprint density at radius 2 is 1.94 bits per heavy atom. The monoisotopic (exact) mass is 253 g/mol. The third-order valence-corrected chi connectivity index (χ3v) is 4.69. The molecule has 0 spiro atoms. The lowest BCUT2D eigenvalue weighted by Gasteiger charge is -2.42. The molecular weight excluding hydrogens is 230 g/mol. The van der Waals surface area contributed by atoms with Crippen molar-refractivity contribution >= 4 is 11.9 Å². The summed E-state index contributed by atoms with van der Waals surface area (Å²) in [7, 11) is 0. The van der Waals surface area contributed by atoms with Gasteiger partial charge in [-0.2, -0.15) is 0 Å². The van der Waals surface area contributed by atoms with Gasteiger partial charge in [-0.3, -0.25) is 9.59 Å². The first-order chi connectivity index (χ1) is 8.44. The van der Waals surface area contributed by atoms with Gasteiger partial charge in [0, 0.05) is 19.0 Å². The summed E-state index contributed by atoms with van der Waals surface area (Å²) in [5.74, 6) is -0.219. The van der Waals surface area contributed by atoms with Crippen LogP contribution in [-0.2, 0) is 9.59 Å². The largest absolute Gasteiger partial charge is 0.481 e. The zero-order chi connectivity index (χ0) is 13.3. The maximum atomic E-state index is 12.3. The second-order valence-corrected chi connectivity index (χ2v) is 6.19. The molecular formula is C14H23NO3. The highest BCUT2D eigenvalue weighted by atomic mass is 16.4. The van der Waals surface area contributed by atoms with Gasteiger partial charge < -0.3 is 10.0 Å². The van der Waals surface area contributed by atoms with Crippen molar-refractivity contribution in [2.45, 2.75) is 58.4 Å². The van der Waals surface area contributed by atoms with E-state index >= 15 is 0 Å². The number of carbonyl (C=O) groups excluding carboxylic acids is 1. The van der Waals surface area contributed by atoms with Crippen LogP contribution in [0.5, 0.6) is 0 Å². The molecule has 1 saturated carbocycles. The highest BCUT2D eigenvalue weighted by Gasteiger charge is 2.47. The molecule has 102 valence electrons. The van der Waals surface area contributed by atoms with E-state index in [4.69, 9.17) is 0 Å². The fraction of sp³-hybridized carbons (Fsp3) is 0.857. The molecule has 2 aliphatic rings. The van der Waals surface area contributed by atoms with Crippen LogP contribution in [0.3, 0.4) is 0 Å². The van der Waals surface area contributed by atoms with Crippen LogP contribution in [0.2, 0.25) is 0 Å². The second-order valence-electron chi connectivity index (χ2n) is 6.19. The van der Waals surface area contributed by atoms with E-state index in [-0.39, 0.29) is 18.4 Å². The number of hydrogen-bond donors (Lipinski definition) is 1. The number of likely N-dealkylation sites (tertiary alicyclic amines) is 1. The first-order valence-electron chi connectivity index (χ1n) is 6.97. The molecule has 4 heteroatoms. The lowest BCUT2D eigenvalue weighted by Crippen LogP contribution is -2.49. The minimum absolute atomic E-state index is 0.0381. The minimum Gasteiger partial charge on any atom is -0.481 e. The van der Waals surface area contributed by atoms with Crippen molar-refractivity contribution in [1.82, 2.24) is 4.90 Å². The van der Waals surface area contributed by atoms with Crippen LogP contribution in [0.25, 0.3) is 0 Å². The van der Waals surface area contributed by atoms with Gasteiger partial charge in [0.2, 0.25) is 5.91 Å². The fourth-order valence-electron chi connectivity index (χ4n) is 3.10. The second kappa shape index (κ2) is 4.90. The third kappa shape index (κ3) is 2.38. The molecule has 1 saturated heterocycles. The van der Waals surface area contributed by atoms with Gasteiger partial charge in [-0.1, -0.05) is 13.3 Å². The van der Waals surface area contributed by atoms with Crippen molar-refractivity contribution in [2.24, 2.45) is 11.3 Å². The normalized spacial score (nSPS) is 30.7. The van der Waals surface area contributed by atoms with Crippen LogP contribution in [0.15, 0.2) is 0 Å². The quantitative estimate of drug-likeness (QED) is 0.839. The molecule has 0 aromatic rings. The lowest BCUT2D eigenvalue weighted by atomic mass is 9.66. The van der Waals surface area contributed by atoms with Crippen molar-refractivity contribution in [3.8, 4) is 0 Å². The number of carboxylic acid groups (broad SMARTS) is 1. The smallest absolute Gasteiger partial charge is 0.310 e. The first kappa shape index (κ1) is 13.4. The Labute approximate surface area is 108 Å². The summed E-state index contributed by atoms with van der Waals surface area (Å²) in [6.45, 7) is 5.01. The summed E-state index contributed by atoms with van der Waals surface area (Å²) in [6.07, 6.45) is 4.64. The van der Waals surface area contributed by atoms with E-state index in [0.29, 0.717) is 18.8 Å². The van der Waals surface area contributed by atoms with Gasteiger partial charge in [0.1, 0.15) is 0 Å². The molecule has 18 heavy (non-hydrogen) atoms. The summed E-state index contributed by atoms with van der Waals surface area (Å²) >= 11 is 0. The third-order valence-electron chi connectivity index (χ3n) is 4.69. The zero-order valence-electron chi connectivity index (χ0n) is 11.3. The minimum atomic E-state index is -0.792. The highest BCUT2D eigenvalue weighted by Crippen LogP contribution is 2.44. The molecule has 0 aromatic carbocycles. The molecule has 1 aliphatic carbocycles. The van der Waals surface area contributed by atoms with Gasteiger partial charge >= 0.3 is 5.97 Å². The average molecular weight is 253 g/mol. The molecule has 0 radical (unpaired) electrons. The van der Waals surface area contributed by atoms with Crippen LogP contribution in [0.4, 0.5) is 0 Å². The Morgan fingerprint density at radius 1 is 1.28 bits per heavy atom. The van der Waals surface area contributed by atoms with Crippen LogP contribution in [0.1, 0.15) is 52.4 Å². The Kier molecular flexibility index (Phi) is 3.64. The van der Waals surface area contributed by atoms with Crippen molar-refractivity contribution in [3.05, 3.63) is 0 Å². The Balaban J connectivity index is 2.00. The molecule has 1 aliphatic heterocycles. The van der Waals surface area contributed by atoms with E-state index in [0.717, 1.165) is 25.8 Å². The summed E-state index contributed by atoms with van der Waals surface area (Å²) in [5, 5.41) is 9.28. The number of carboxylic acids is 1. The Bertz CT molecular complexity index is 349. The number of nitrogens with zero attached hydrogens (tertiary/aromatic N) is 1. The van der Waals surface area contributed by atoms with E-state index in [1.807, 2.05) is 4.90 Å². The average Bonchev–Trinajstić information content (AvgIpc) is 2.26. The van der Waals surface area contributed by atoms with Gasteiger partial charge in [0.25, 0.3) is 0 Å². The van der Waals surface area contributed by atoms with Gasteiger partial charge in [-0.05, 0) is 38.5 Å². The predicted molar refractivity (Wildman–Crippen MR) is 68.1 cm³/mol. The van der Waals surface area contributed by atoms with Crippen molar-refractivity contribution < 1.29 is 14.7 Å². The van der Waals surface area contributed by atoms with Gasteiger partial charge in [-0.15, -0.1) is 0 Å². The number of carbonyl (C=O) groups is 2. The van der Waals surface area contributed by atoms with Crippen LogP contribution in [-0.4, -0.2) is 34.5 Å². The molecule has 1 amide bonds. The predicted octanol–water partition coefficient (Wildman–Crippen LogP) is 2.28. The van der Waals surface area contributed by atoms with Crippen LogP contribution < -0.4 is 0 Å². The maximum Gasteiger partial charge on any atom is 0.310 e. The summed E-state index contributed by atoms with van der Waals surface area (Å²) < 4.78 is 0. The maximum absolute atomic E-state index is 12.3. The molecule has 0 aromatic heterocycles. The number of aliphatic carboxylic acids is 1. The number of rotatable bonds is 3. The number of amides is 1. The highest BCUT2D eigenvalue weighted by molar-refractivity contribution is 5.85. The number of piperidine rings is 1. The summed E-state index contributed by atoms with van der Waals surface area (Å²) in [4.78, 5) is 25.5. The van der Waals surface area contributed by atoms with E-state index in [1.54, 1.807) is 0 Å². The van der Waals surface area contributed by atoms with E-state index in [9.17, 15) is 14.7 Å². The van der Waals surface area contributed by atoms with E-state index in [2.05, 4.69) is 13.8 Å². The van der Waals surface area contributed by atoms with Gasteiger partial charge in [-0.25, -0.2) is 0 Å². The molecule has 2 unspecified atom stereocenters. The van der Waals surface area contributed by atoms with E-state index < -0.39 is 11.4 Å². The summed E-state index contributed by atoms with van der Waals surface area (Å²) in [5.41, 5.74) is -0.752. The topological polar surface area (TPSA) is 57.6 Å². The molecule has 2 atom stereocenters. The Hall–Kier alpha value is -1.06. The Morgan fingerprint density at radius 3 is 2.44 bits per heavy atom. The fourth-order valence-corrected chi connectivity index (χ4v) is 3.10. The van der Waals surface area contributed by atoms with Crippen molar-refractivity contribution in [1.29, 1.82) is 0 Å². The molecule has 2 rings (SSSR count). The standard InChI is InChI=1S/C14H23NO3/c1-10-4-5-11(2)15(9-10)12(16)8-14(13(17)18)6-3-7-14/h10-11H,3-9H2,1-2H3,(H,17,18). The van der Waals surface area contributed by atoms with Crippen molar-refractivity contribution in [2.75, 3.05) is 6.54 Å². The van der Waals surface area contributed by atoms with E-state index in [1.165, 1.54) is 0 Å². The zero-order valence-corrected chi connectivity index (χ0v) is 11.3. The van der Waals surface area contributed by atoms with Gasteiger partial charge in [0.05, 0.1) is 5.41 Å².